The maximum atomic E-state index is 12.0. The number of esters is 2. The minimum atomic E-state index is -1.06. The van der Waals surface area contributed by atoms with Crippen molar-refractivity contribution in [2.75, 3.05) is 13.2 Å². The molecule has 2 atom stereocenters. The Bertz CT molecular complexity index is 913. The Balaban J connectivity index is 3.70. The summed E-state index contributed by atoms with van der Waals surface area (Å²) in [6.45, 7) is 3.96. The maximum absolute atomic E-state index is 12.0. The topological polar surface area (TPSA) is 93.1 Å². The van der Waals surface area contributed by atoms with Gasteiger partial charge >= 0.3 is 11.9 Å². The lowest BCUT2D eigenvalue weighted by atomic mass is 10.0. The van der Waals surface area contributed by atoms with Gasteiger partial charge in [-0.25, -0.2) is 0 Å². The number of hydrogen-bond donors (Lipinski definition) is 2. The molecule has 1 unspecified atom stereocenters. The van der Waals surface area contributed by atoms with Gasteiger partial charge in [0.25, 0.3) is 0 Å². The molecule has 0 amide bonds. The number of rotatable bonds is 33. The maximum Gasteiger partial charge on any atom is 0.305 e. The largest absolute Gasteiger partial charge is 0.463 e. The molecule has 0 aliphatic rings. The number of unbranched alkanes of at least 4 members (excludes halogenated alkanes) is 13. The van der Waals surface area contributed by atoms with Crippen LogP contribution in [0.4, 0.5) is 0 Å². The average molecular weight is 671 g/mol. The van der Waals surface area contributed by atoms with Crippen LogP contribution in [0.1, 0.15) is 155 Å². The van der Waals surface area contributed by atoms with Gasteiger partial charge in [-0.1, -0.05) is 170 Å². The molecule has 2 N–H and O–H groups in total. The summed E-state index contributed by atoms with van der Waals surface area (Å²) < 4.78 is 10.2. The number of carbonyl (C=O) groups excluding carboxylic acids is 2. The van der Waals surface area contributed by atoms with Crippen LogP contribution in [0.5, 0.6) is 0 Å². The van der Waals surface area contributed by atoms with Crippen LogP contribution in [0.15, 0.2) is 72.9 Å². The molecule has 0 aromatic rings. The standard InChI is InChI=1S/C42H70O6/c1-3-5-7-9-11-13-15-17-19-20-21-23-25-27-29-31-33-39(43)35-36-42(46)48-38-40(44)37-47-41(45)34-32-30-28-26-24-22-18-16-14-12-10-8-6-4-2/h5,7,11,13,17,19,21,23,27,29,31,33,39-40,43-44H,3-4,6,8-10,12,14-16,18,20,22,24-26,28,30,32,34-38H2,1-2H3/b7-5-,13-11-,19-17-,23-21-,29-27-,33-31-/t39?,40-/m1/s1. The molecule has 0 fully saturated rings. The molecule has 6 nitrogen and oxygen atoms in total. The molecule has 48 heavy (non-hydrogen) atoms. The Labute approximate surface area is 294 Å². The van der Waals surface area contributed by atoms with E-state index in [4.69, 9.17) is 9.47 Å². The lowest BCUT2D eigenvalue weighted by Crippen LogP contribution is -2.25. The molecule has 0 aromatic carbocycles. The molecule has 0 heterocycles. The summed E-state index contributed by atoms with van der Waals surface area (Å²) in [4.78, 5) is 23.9. The predicted molar refractivity (Wildman–Crippen MR) is 202 cm³/mol. The lowest BCUT2D eigenvalue weighted by Gasteiger charge is -2.12. The van der Waals surface area contributed by atoms with E-state index in [0.29, 0.717) is 6.42 Å². The third-order valence-corrected chi connectivity index (χ3v) is 7.82. The summed E-state index contributed by atoms with van der Waals surface area (Å²) in [6.07, 6.45) is 45.7. The minimum absolute atomic E-state index is 0.0306. The van der Waals surface area contributed by atoms with Gasteiger partial charge in [-0.05, 0) is 44.9 Å². The zero-order valence-corrected chi connectivity index (χ0v) is 30.6. The molecule has 0 aliphatic heterocycles. The molecule has 0 saturated heterocycles. The van der Waals surface area contributed by atoms with Crippen molar-refractivity contribution in [2.45, 2.75) is 167 Å². The molecule has 0 rings (SSSR count). The van der Waals surface area contributed by atoms with Gasteiger partial charge in [0.2, 0.25) is 0 Å². The van der Waals surface area contributed by atoms with Crippen molar-refractivity contribution in [1.82, 2.24) is 0 Å². The first kappa shape index (κ1) is 45.3. The smallest absolute Gasteiger partial charge is 0.305 e. The highest BCUT2D eigenvalue weighted by molar-refractivity contribution is 5.69. The van der Waals surface area contributed by atoms with Crippen molar-refractivity contribution < 1.29 is 29.3 Å². The molecule has 0 saturated carbocycles. The van der Waals surface area contributed by atoms with Gasteiger partial charge in [-0.15, -0.1) is 0 Å². The monoisotopic (exact) mass is 671 g/mol. The summed E-state index contributed by atoms with van der Waals surface area (Å²) in [5.74, 6) is -0.841. The second-order valence-corrected chi connectivity index (χ2v) is 12.5. The molecule has 6 heteroatoms. The Morgan fingerprint density at radius 1 is 0.521 bits per heavy atom. The number of aliphatic hydroxyl groups excluding tert-OH is 2. The highest BCUT2D eigenvalue weighted by atomic mass is 16.6. The van der Waals surface area contributed by atoms with Crippen LogP contribution < -0.4 is 0 Å². The van der Waals surface area contributed by atoms with Crippen molar-refractivity contribution in [3.05, 3.63) is 72.9 Å². The van der Waals surface area contributed by atoms with Crippen molar-refractivity contribution >= 4 is 11.9 Å². The third-order valence-electron chi connectivity index (χ3n) is 7.82. The summed E-state index contributed by atoms with van der Waals surface area (Å²) in [5, 5.41) is 20.1. The summed E-state index contributed by atoms with van der Waals surface area (Å²) in [5.41, 5.74) is 0. The first-order valence-corrected chi connectivity index (χ1v) is 19.1. The van der Waals surface area contributed by atoms with Crippen LogP contribution >= 0.6 is 0 Å². The van der Waals surface area contributed by atoms with Crippen molar-refractivity contribution in [2.24, 2.45) is 0 Å². The lowest BCUT2D eigenvalue weighted by molar-refractivity contribution is -0.152. The van der Waals surface area contributed by atoms with E-state index in [2.05, 4.69) is 62.5 Å². The third kappa shape index (κ3) is 36.1. The van der Waals surface area contributed by atoms with Crippen molar-refractivity contribution in [3.8, 4) is 0 Å². The van der Waals surface area contributed by atoms with Gasteiger partial charge in [0.05, 0.1) is 6.10 Å². The number of carbonyl (C=O) groups is 2. The zero-order chi connectivity index (χ0) is 35.2. The van der Waals surface area contributed by atoms with Crippen molar-refractivity contribution in [1.29, 1.82) is 0 Å². The molecule has 0 spiro atoms. The number of hydrogen-bond acceptors (Lipinski definition) is 6. The van der Waals surface area contributed by atoms with Gasteiger partial charge < -0.3 is 19.7 Å². The van der Waals surface area contributed by atoms with Gasteiger partial charge in [0.15, 0.2) is 0 Å². The summed E-state index contributed by atoms with van der Waals surface area (Å²) in [6, 6.07) is 0. The fraction of sp³-hybridized carbons (Fsp3) is 0.667. The SMILES string of the molecule is CC/C=C\C/C=C\C/C=C\C/C=C\C/C=C\C=C/C(O)CCC(=O)OC[C@H](O)COC(=O)CCCCCCCCCCCCCCCC. The number of aliphatic hydroxyl groups is 2. The Morgan fingerprint density at radius 3 is 1.42 bits per heavy atom. The van der Waals surface area contributed by atoms with Crippen LogP contribution in [0, 0.1) is 0 Å². The Hall–Kier alpha value is -2.70. The first-order chi connectivity index (χ1) is 23.5. The molecular formula is C42H70O6. The predicted octanol–water partition coefficient (Wildman–Crippen LogP) is 10.8. The second-order valence-electron chi connectivity index (χ2n) is 12.5. The number of allylic oxidation sites excluding steroid dienone is 11. The van der Waals surface area contributed by atoms with Gasteiger partial charge in [-0.3, -0.25) is 9.59 Å². The second kappa shape index (κ2) is 37.1. The van der Waals surface area contributed by atoms with E-state index in [0.717, 1.165) is 51.4 Å². The van der Waals surface area contributed by atoms with E-state index in [-0.39, 0.29) is 32.0 Å². The Morgan fingerprint density at radius 2 is 0.938 bits per heavy atom. The molecule has 0 aromatic heterocycles. The van der Waals surface area contributed by atoms with E-state index >= 15 is 0 Å². The van der Waals surface area contributed by atoms with E-state index in [1.54, 1.807) is 12.2 Å². The average Bonchev–Trinajstić information content (AvgIpc) is 3.08. The van der Waals surface area contributed by atoms with Gasteiger partial charge in [0, 0.05) is 12.8 Å². The van der Waals surface area contributed by atoms with E-state index < -0.39 is 18.2 Å². The van der Waals surface area contributed by atoms with Gasteiger partial charge in [-0.2, -0.15) is 0 Å². The fourth-order valence-corrected chi connectivity index (χ4v) is 4.90. The molecule has 0 aliphatic carbocycles. The molecule has 0 radical (unpaired) electrons. The van der Waals surface area contributed by atoms with E-state index in [1.165, 1.54) is 70.6 Å². The quantitative estimate of drug-likeness (QED) is 0.0312. The van der Waals surface area contributed by atoms with E-state index in [9.17, 15) is 19.8 Å². The number of ether oxygens (including phenoxy) is 2. The van der Waals surface area contributed by atoms with Crippen LogP contribution in [-0.2, 0) is 19.1 Å². The van der Waals surface area contributed by atoms with Crippen molar-refractivity contribution in [3.63, 3.8) is 0 Å². The zero-order valence-electron chi connectivity index (χ0n) is 30.6. The normalized spacial score (nSPS) is 13.7. The first-order valence-electron chi connectivity index (χ1n) is 19.1. The van der Waals surface area contributed by atoms with Crippen LogP contribution in [0.25, 0.3) is 0 Å². The summed E-state index contributed by atoms with van der Waals surface area (Å²) in [7, 11) is 0. The minimum Gasteiger partial charge on any atom is -0.463 e. The molecule has 0 bridgehead atoms. The van der Waals surface area contributed by atoms with Crippen LogP contribution in [0.3, 0.4) is 0 Å². The fourth-order valence-electron chi connectivity index (χ4n) is 4.90. The van der Waals surface area contributed by atoms with E-state index in [1.807, 2.05) is 12.2 Å². The summed E-state index contributed by atoms with van der Waals surface area (Å²) >= 11 is 0. The highest BCUT2D eigenvalue weighted by Gasteiger charge is 2.13. The Kier molecular flexibility index (Phi) is 35.0. The van der Waals surface area contributed by atoms with Crippen LogP contribution in [0.2, 0.25) is 0 Å². The van der Waals surface area contributed by atoms with Gasteiger partial charge in [0.1, 0.15) is 19.3 Å². The molecular weight excluding hydrogens is 600 g/mol. The van der Waals surface area contributed by atoms with Crippen LogP contribution in [-0.4, -0.2) is 47.6 Å². The molecule has 274 valence electrons. The highest BCUT2D eigenvalue weighted by Crippen LogP contribution is 2.13.